The summed E-state index contributed by atoms with van der Waals surface area (Å²) in [6.45, 7) is 1.96. The fraction of sp³-hybridized carbons (Fsp3) is 0.125. The molecule has 72 valence electrons. The van der Waals surface area contributed by atoms with Crippen LogP contribution in [0.4, 0.5) is 0 Å². The van der Waals surface area contributed by atoms with Crippen molar-refractivity contribution in [1.29, 1.82) is 0 Å². The lowest BCUT2D eigenvalue weighted by Crippen LogP contribution is -1.83. The van der Waals surface area contributed by atoms with Crippen molar-refractivity contribution in [1.82, 2.24) is 15.0 Å². The maximum Gasteiger partial charge on any atom is 0.161 e. The topological polar surface area (TPSA) is 38.7 Å². The molecule has 2 rings (SSSR count). The lowest BCUT2D eigenvalue weighted by atomic mass is 10.6. The zero-order chi connectivity index (χ0) is 9.97. The molecule has 0 aliphatic rings. The van der Waals surface area contributed by atoms with Crippen molar-refractivity contribution < 1.29 is 0 Å². The van der Waals surface area contributed by atoms with E-state index >= 15 is 0 Å². The van der Waals surface area contributed by atoms with Crippen molar-refractivity contribution in [3.63, 3.8) is 0 Å². The van der Waals surface area contributed by atoms with Gasteiger partial charge in [0.05, 0.1) is 0 Å². The molecule has 6 heteroatoms. The highest BCUT2D eigenvalue weighted by molar-refractivity contribution is 8.01. The molecule has 0 bridgehead atoms. The Morgan fingerprint density at radius 3 is 2.79 bits per heavy atom. The molecule has 0 unspecified atom stereocenters. The van der Waals surface area contributed by atoms with E-state index in [1.165, 1.54) is 11.8 Å². The standard InChI is InChI=1S/C8H6ClN3S2/c1-5-4-13-8(12-5)14-7-6(9)10-2-3-11-7/h2-4H,1H3. The van der Waals surface area contributed by atoms with E-state index in [0.717, 1.165) is 10.0 Å². The Kier molecular flexibility index (Phi) is 3.00. The minimum atomic E-state index is 0.422. The van der Waals surface area contributed by atoms with Crippen LogP contribution < -0.4 is 0 Å². The van der Waals surface area contributed by atoms with Gasteiger partial charge in [-0.1, -0.05) is 11.6 Å². The molecule has 2 heterocycles. The van der Waals surface area contributed by atoms with Gasteiger partial charge in [-0.2, -0.15) is 0 Å². The van der Waals surface area contributed by atoms with Gasteiger partial charge >= 0.3 is 0 Å². The predicted molar refractivity (Wildman–Crippen MR) is 58.0 cm³/mol. The zero-order valence-electron chi connectivity index (χ0n) is 7.27. The third-order valence-corrected chi connectivity index (χ3v) is 3.84. The van der Waals surface area contributed by atoms with Crippen molar-refractivity contribution in [2.45, 2.75) is 16.3 Å². The molecule has 0 aliphatic heterocycles. The third kappa shape index (κ3) is 2.23. The van der Waals surface area contributed by atoms with Crippen LogP contribution in [0.3, 0.4) is 0 Å². The number of thiazole rings is 1. The van der Waals surface area contributed by atoms with Crippen LogP contribution in [0.1, 0.15) is 5.69 Å². The Hall–Kier alpha value is -0.650. The molecule has 2 aromatic rings. The first-order valence-electron chi connectivity index (χ1n) is 3.82. The van der Waals surface area contributed by atoms with Gasteiger partial charge in [-0.15, -0.1) is 11.3 Å². The molecule has 0 aliphatic carbocycles. The second-order valence-corrected chi connectivity index (χ2v) is 4.96. The molecule has 0 N–H and O–H groups in total. The number of nitrogens with zero attached hydrogens (tertiary/aromatic N) is 3. The molecule has 0 fully saturated rings. The number of hydrogen-bond donors (Lipinski definition) is 0. The summed E-state index contributed by atoms with van der Waals surface area (Å²) in [6, 6.07) is 0. The maximum atomic E-state index is 5.86. The highest BCUT2D eigenvalue weighted by atomic mass is 35.5. The molecule has 0 spiro atoms. The molecule has 0 atom stereocenters. The van der Waals surface area contributed by atoms with E-state index in [2.05, 4.69) is 15.0 Å². The Balaban J connectivity index is 2.23. The molecular formula is C8H6ClN3S2. The highest BCUT2D eigenvalue weighted by Crippen LogP contribution is 2.31. The van der Waals surface area contributed by atoms with E-state index in [-0.39, 0.29) is 0 Å². The van der Waals surface area contributed by atoms with Gasteiger partial charge in [0.2, 0.25) is 0 Å². The van der Waals surface area contributed by atoms with Crippen molar-refractivity contribution in [2.24, 2.45) is 0 Å². The fourth-order valence-electron chi connectivity index (χ4n) is 0.839. The van der Waals surface area contributed by atoms with E-state index in [0.29, 0.717) is 10.2 Å². The number of aryl methyl sites for hydroxylation is 1. The molecule has 0 radical (unpaired) electrons. The largest absolute Gasteiger partial charge is 0.245 e. The summed E-state index contributed by atoms with van der Waals surface area (Å²) in [6.07, 6.45) is 3.19. The van der Waals surface area contributed by atoms with Crippen molar-refractivity contribution >= 4 is 34.7 Å². The Morgan fingerprint density at radius 1 is 1.36 bits per heavy atom. The van der Waals surface area contributed by atoms with Gasteiger partial charge in [-0.25, -0.2) is 15.0 Å². The first-order chi connectivity index (χ1) is 6.75. The predicted octanol–water partition coefficient (Wildman–Crippen LogP) is 3.05. The van der Waals surface area contributed by atoms with Gasteiger partial charge in [-0.3, -0.25) is 0 Å². The van der Waals surface area contributed by atoms with Gasteiger partial charge in [0.25, 0.3) is 0 Å². The Morgan fingerprint density at radius 2 is 2.14 bits per heavy atom. The first kappa shape index (κ1) is 9.89. The molecule has 2 aromatic heterocycles. The monoisotopic (exact) mass is 243 g/mol. The average Bonchev–Trinajstić information content (AvgIpc) is 2.56. The molecule has 0 saturated carbocycles. The van der Waals surface area contributed by atoms with Gasteiger partial charge in [0, 0.05) is 23.5 Å². The fourth-order valence-corrected chi connectivity index (χ4v) is 2.76. The molecule has 0 saturated heterocycles. The second kappa shape index (κ2) is 4.25. The van der Waals surface area contributed by atoms with Gasteiger partial charge < -0.3 is 0 Å². The molecule has 0 amide bonds. The van der Waals surface area contributed by atoms with E-state index in [4.69, 9.17) is 11.6 Å². The van der Waals surface area contributed by atoms with Crippen molar-refractivity contribution in [3.05, 3.63) is 28.6 Å². The van der Waals surface area contributed by atoms with E-state index in [1.807, 2.05) is 12.3 Å². The Bertz CT molecular complexity index is 444. The minimum absolute atomic E-state index is 0.422. The van der Waals surface area contributed by atoms with Crippen molar-refractivity contribution in [2.75, 3.05) is 0 Å². The van der Waals surface area contributed by atoms with Crippen LogP contribution in [0.5, 0.6) is 0 Å². The van der Waals surface area contributed by atoms with E-state index in [9.17, 15) is 0 Å². The van der Waals surface area contributed by atoms with Gasteiger partial charge in [0.15, 0.2) is 9.49 Å². The number of rotatable bonds is 2. The summed E-state index contributed by atoms with van der Waals surface area (Å²) in [7, 11) is 0. The summed E-state index contributed by atoms with van der Waals surface area (Å²) in [5.41, 5.74) is 1.01. The molecule has 0 aromatic carbocycles. The average molecular weight is 244 g/mol. The Labute approximate surface area is 94.6 Å². The normalized spacial score (nSPS) is 10.4. The molecular weight excluding hydrogens is 238 g/mol. The summed E-state index contributed by atoms with van der Waals surface area (Å²) < 4.78 is 0.935. The van der Waals surface area contributed by atoms with Crippen LogP contribution in [0.15, 0.2) is 27.1 Å². The second-order valence-electron chi connectivity index (χ2n) is 2.51. The lowest BCUT2D eigenvalue weighted by Gasteiger charge is -1.96. The van der Waals surface area contributed by atoms with Crippen LogP contribution in [0, 0.1) is 6.92 Å². The number of aromatic nitrogens is 3. The third-order valence-electron chi connectivity index (χ3n) is 1.40. The van der Waals surface area contributed by atoms with Crippen LogP contribution >= 0.6 is 34.7 Å². The quantitative estimate of drug-likeness (QED) is 0.813. The van der Waals surface area contributed by atoms with Crippen LogP contribution in [-0.2, 0) is 0 Å². The molecule has 3 nitrogen and oxygen atoms in total. The summed E-state index contributed by atoms with van der Waals surface area (Å²) in [5.74, 6) is 0. The van der Waals surface area contributed by atoms with E-state index < -0.39 is 0 Å². The highest BCUT2D eigenvalue weighted by Gasteiger charge is 2.07. The smallest absolute Gasteiger partial charge is 0.161 e. The zero-order valence-corrected chi connectivity index (χ0v) is 9.66. The molecule has 14 heavy (non-hydrogen) atoms. The van der Waals surface area contributed by atoms with Crippen LogP contribution in [0.2, 0.25) is 5.15 Å². The van der Waals surface area contributed by atoms with Crippen molar-refractivity contribution in [3.8, 4) is 0 Å². The van der Waals surface area contributed by atoms with Gasteiger partial charge in [0.1, 0.15) is 5.03 Å². The summed E-state index contributed by atoms with van der Waals surface area (Å²) in [5, 5.41) is 3.11. The number of hydrogen-bond acceptors (Lipinski definition) is 5. The first-order valence-corrected chi connectivity index (χ1v) is 5.89. The summed E-state index contributed by atoms with van der Waals surface area (Å²) >= 11 is 8.88. The van der Waals surface area contributed by atoms with Gasteiger partial charge in [-0.05, 0) is 18.7 Å². The SMILES string of the molecule is Cc1csc(Sc2nccnc2Cl)n1. The summed E-state index contributed by atoms with van der Waals surface area (Å²) in [4.78, 5) is 12.4. The van der Waals surface area contributed by atoms with Crippen LogP contribution in [0.25, 0.3) is 0 Å². The van der Waals surface area contributed by atoms with E-state index in [1.54, 1.807) is 23.7 Å². The number of halogens is 1. The minimum Gasteiger partial charge on any atom is -0.245 e. The maximum absolute atomic E-state index is 5.86. The van der Waals surface area contributed by atoms with Crippen LogP contribution in [-0.4, -0.2) is 15.0 Å². The lowest BCUT2D eigenvalue weighted by molar-refractivity contribution is 1.05.